The molecule has 1 saturated carbocycles. The number of aliphatic hydroxyl groups excluding tert-OH is 1. The fraction of sp³-hybridized carbons (Fsp3) is 0.889. The summed E-state index contributed by atoms with van der Waals surface area (Å²) in [5.41, 5.74) is 0. The molecule has 5 heteroatoms. The van der Waals surface area contributed by atoms with E-state index in [-0.39, 0.29) is 0 Å². The van der Waals surface area contributed by atoms with Gasteiger partial charge in [0.05, 0.1) is 0 Å². The first-order chi connectivity index (χ1) is 6.46. The van der Waals surface area contributed by atoms with E-state index in [0.717, 1.165) is 19.3 Å². The highest BCUT2D eigenvalue weighted by Crippen LogP contribution is 2.33. The van der Waals surface area contributed by atoms with E-state index in [0.29, 0.717) is 12.8 Å². The molecule has 1 aliphatic carbocycles. The number of carboxylic acid groups (broad SMARTS) is 1. The van der Waals surface area contributed by atoms with Crippen LogP contribution in [0.2, 0.25) is 0 Å². The van der Waals surface area contributed by atoms with Crippen LogP contribution in [0.3, 0.4) is 0 Å². The number of carbonyl (C=O) groups is 1. The molecule has 1 N–H and O–H groups in total. The van der Waals surface area contributed by atoms with Gasteiger partial charge in [0.25, 0.3) is 0 Å². The maximum atomic E-state index is 12.8. The minimum absolute atomic E-state index is 0.462. The molecular formula is C9H13F2O3-. The maximum Gasteiger partial charge on any atom is 0.312 e. The standard InChI is InChI=1S/C9H14F2O3/c10-9(11,8(13)14)7(12)6-4-2-1-3-5-6/h6-7,12H,1-5H2,(H,13,14)/p-1. The molecule has 0 aliphatic heterocycles. The Balaban J connectivity index is 2.62. The smallest absolute Gasteiger partial charge is 0.312 e. The van der Waals surface area contributed by atoms with Crippen LogP contribution in [0.1, 0.15) is 32.1 Å². The molecule has 0 saturated heterocycles. The monoisotopic (exact) mass is 207 g/mol. The number of alkyl halides is 2. The fourth-order valence-electron chi connectivity index (χ4n) is 1.87. The van der Waals surface area contributed by atoms with E-state index in [2.05, 4.69) is 0 Å². The average molecular weight is 207 g/mol. The molecule has 1 fully saturated rings. The molecule has 0 aromatic rings. The number of carbonyl (C=O) groups excluding carboxylic acids is 1. The largest absolute Gasteiger partial charge is 0.544 e. The van der Waals surface area contributed by atoms with Gasteiger partial charge in [0.1, 0.15) is 12.1 Å². The van der Waals surface area contributed by atoms with E-state index in [1.807, 2.05) is 0 Å². The number of hydrogen-bond donors (Lipinski definition) is 1. The summed E-state index contributed by atoms with van der Waals surface area (Å²) < 4.78 is 25.6. The van der Waals surface area contributed by atoms with Crippen molar-refractivity contribution in [1.29, 1.82) is 0 Å². The topological polar surface area (TPSA) is 60.4 Å². The van der Waals surface area contributed by atoms with Crippen LogP contribution in [0.4, 0.5) is 8.78 Å². The number of aliphatic carboxylic acids is 1. The van der Waals surface area contributed by atoms with Crippen molar-refractivity contribution in [2.75, 3.05) is 0 Å². The van der Waals surface area contributed by atoms with Gasteiger partial charge < -0.3 is 15.0 Å². The molecular weight excluding hydrogens is 194 g/mol. The Morgan fingerprint density at radius 3 is 2.29 bits per heavy atom. The second-order valence-electron chi connectivity index (χ2n) is 3.75. The molecule has 0 amide bonds. The van der Waals surface area contributed by atoms with E-state index in [9.17, 15) is 23.8 Å². The first-order valence-corrected chi connectivity index (χ1v) is 4.73. The van der Waals surface area contributed by atoms with Crippen LogP contribution < -0.4 is 5.11 Å². The SMILES string of the molecule is O=C([O-])C(F)(F)C(O)C1CCCCC1. The number of carboxylic acids is 1. The normalized spacial score (nSPS) is 21.9. The summed E-state index contributed by atoms with van der Waals surface area (Å²) in [5, 5.41) is 19.3. The minimum Gasteiger partial charge on any atom is -0.544 e. The Morgan fingerprint density at radius 2 is 1.86 bits per heavy atom. The van der Waals surface area contributed by atoms with Crippen LogP contribution in [0.25, 0.3) is 0 Å². The van der Waals surface area contributed by atoms with Crippen LogP contribution >= 0.6 is 0 Å². The lowest BCUT2D eigenvalue weighted by Crippen LogP contribution is -2.52. The first-order valence-electron chi connectivity index (χ1n) is 4.73. The van der Waals surface area contributed by atoms with E-state index < -0.39 is 23.9 Å². The molecule has 1 rings (SSSR count). The number of aliphatic hydroxyl groups is 1. The molecule has 0 aromatic carbocycles. The summed E-state index contributed by atoms with van der Waals surface area (Å²) in [4.78, 5) is 10.1. The molecule has 0 radical (unpaired) electrons. The number of halogens is 2. The lowest BCUT2D eigenvalue weighted by atomic mass is 9.83. The average Bonchev–Trinajstić information content (AvgIpc) is 2.17. The third-order valence-corrected chi connectivity index (χ3v) is 2.74. The summed E-state index contributed by atoms with van der Waals surface area (Å²) in [6.07, 6.45) is 1.32. The zero-order valence-electron chi connectivity index (χ0n) is 7.71. The van der Waals surface area contributed by atoms with E-state index in [4.69, 9.17) is 0 Å². The predicted molar refractivity (Wildman–Crippen MR) is 42.5 cm³/mol. The number of rotatable bonds is 3. The summed E-state index contributed by atoms with van der Waals surface area (Å²) in [5.74, 6) is -7.23. The van der Waals surface area contributed by atoms with Crippen molar-refractivity contribution < 1.29 is 23.8 Å². The Hall–Kier alpha value is -0.710. The van der Waals surface area contributed by atoms with E-state index in [1.54, 1.807) is 0 Å². The van der Waals surface area contributed by atoms with Gasteiger partial charge in [0.2, 0.25) is 0 Å². The lowest BCUT2D eigenvalue weighted by Gasteiger charge is -2.32. The van der Waals surface area contributed by atoms with Crippen molar-refractivity contribution in [3.8, 4) is 0 Å². The maximum absolute atomic E-state index is 12.8. The van der Waals surface area contributed by atoms with Gasteiger partial charge >= 0.3 is 5.92 Å². The number of hydrogen-bond acceptors (Lipinski definition) is 3. The molecule has 1 aliphatic rings. The lowest BCUT2D eigenvalue weighted by molar-refractivity contribution is -0.338. The highest BCUT2D eigenvalue weighted by Gasteiger charge is 2.44. The molecule has 1 atom stereocenters. The highest BCUT2D eigenvalue weighted by atomic mass is 19.3. The Kier molecular flexibility index (Phi) is 3.42. The molecule has 0 aromatic heterocycles. The molecule has 0 spiro atoms. The Morgan fingerprint density at radius 1 is 1.36 bits per heavy atom. The first kappa shape index (κ1) is 11.4. The van der Waals surface area contributed by atoms with Crippen molar-refractivity contribution in [3.63, 3.8) is 0 Å². The zero-order valence-corrected chi connectivity index (χ0v) is 7.71. The molecule has 82 valence electrons. The van der Waals surface area contributed by atoms with Crippen molar-refractivity contribution in [2.24, 2.45) is 5.92 Å². The Bertz CT molecular complexity index is 212. The third kappa shape index (κ3) is 2.20. The Labute approximate surface area is 80.7 Å². The minimum atomic E-state index is -4.12. The molecule has 1 unspecified atom stereocenters. The molecule has 0 bridgehead atoms. The van der Waals surface area contributed by atoms with Gasteiger partial charge in [-0.05, 0) is 18.8 Å². The molecule has 3 nitrogen and oxygen atoms in total. The van der Waals surface area contributed by atoms with Crippen molar-refractivity contribution >= 4 is 5.97 Å². The molecule has 14 heavy (non-hydrogen) atoms. The van der Waals surface area contributed by atoms with E-state index in [1.165, 1.54) is 0 Å². The summed E-state index contributed by atoms with van der Waals surface area (Å²) in [6, 6.07) is 0. The summed E-state index contributed by atoms with van der Waals surface area (Å²) in [6.45, 7) is 0. The van der Waals surface area contributed by atoms with Gasteiger partial charge in [-0.1, -0.05) is 19.3 Å². The quantitative estimate of drug-likeness (QED) is 0.724. The van der Waals surface area contributed by atoms with Gasteiger partial charge in [-0.25, -0.2) is 0 Å². The van der Waals surface area contributed by atoms with Crippen LogP contribution in [-0.2, 0) is 4.79 Å². The molecule has 0 heterocycles. The van der Waals surface area contributed by atoms with Crippen molar-refractivity contribution in [3.05, 3.63) is 0 Å². The van der Waals surface area contributed by atoms with Gasteiger partial charge in [-0.15, -0.1) is 0 Å². The van der Waals surface area contributed by atoms with Crippen LogP contribution in [0, 0.1) is 5.92 Å². The third-order valence-electron chi connectivity index (χ3n) is 2.74. The van der Waals surface area contributed by atoms with Crippen LogP contribution in [0.15, 0.2) is 0 Å². The predicted octanol–water partition coefficient (Wildman–Crippen LogP) is 0.313. The van der Waals surface area contributed by atoms with E-state index >= 15 is 0 Å². The second-order valence-corrected chi connectivity index (χ2v) is 3.75. The van der Waals surface area contributed by atoms with Crippen molar-refractivity contribution in [1.82, 2.24) is 0 Å². The van der Waals surface area contributed by atoms with Gasteiger partial charge in [-0.2, -0.15) is 8.78 Å². The zero-order chi connectivity index (χ0) is 10.8. The highest BCUT2D eigenvalue weighted by molar-refractivity contribution is 5.73. The van der Waals surface area contributed by atoms with Gasteiger partial charge in [0, 0.05) is 0 Å². The van der Waals surface area contributed by atoms with Gasteiger partial charge in [0.15, 0.2) is 0 Å². The van der Waals surface area contributed by atoms with Crippen LogP contribution in [0.5, 0.6) is 0 Å². The second kappa shape index (κ2) is 4.21. The summed E-state index contributed by atoms with van der Waals surface area (Å²) in [7, 11) is 0. The fourth-order valence-corrected chi connectivity index (χ4v) is 1.87. The van der Waals surface area contributed by atoms with Gasteiger partial charge in [-0.3, -0.25) is 0 Å². The van der Waals surface area contributed by atoms with Crippen LogP contribution in [-0.4, -0.2) is 23.1 Å². The summed E-state index contributed by atoms with van der Waals surface area (Å²) >= 11 is 0. The van der Waals surface area contributed by atoms with Crippen molar-refractivity contribution in [2.45, 2.75) is 44.1 Å².